The first-order valence-electron chi connectivity index (χ1n) is 5.28. The van der Waals surface area contributed by atoms with Crippen LogP contribution in [0.1, 0.15) is 27.2 Å². The highest BCUT2D eigenvalue weighted by atomic mass is 15.2. The lowest BCUT2D eigenvalue weighted by molar-refractivity contribution is 0.171. The van der Waals surface area contributed by atoms with Crippen LogP contribution in [0.3, 0.4) is 0 Å². The number of likely N-dealkylation sites (tertiary alicyclic amines) is 1. The van der Waals surface area contributed by atoms with Crippen LogP contribution in [0.2, 0.25) is 0 Å². The number of hydrogen-bond donors (Lipinski definition) is 1. The largest absolute Gasteiger partial charge is 0.315 e. The predicted octanol–water partition coefficient (Wildman–Crippen LogP) is 1.33. The molecule has 0 aliphatic carbocycles. The van der Waals surface area contributed by atoms with Crippen LogP contribution < -0.4 is 5.32 Å². The summed E-state index contributed by atoms with van der Waals surface area (Å²) in [5, 5.41) is 3.36. The SMILES string of the molecule is CC.CCN1CCC2(CNC2)C1. The molecule has 0 aromatic rings. The van der Waals surface area contributed by atoms with Crippen LogP contribution in [-0.2, 0) is 0 Å². The molecule has 2 fully saturated rings. The second-order valence-electron chi connectivity index (χ2n) is 3.72. The molecule has 12 heavy (non-hydrogen) atoms. The molecule has 0 aromatic carbocycles. The summed E-state index contributed by atoms with van der Waals surface area (Å²) in [4.78, 5) is 2.56. The van der Waals surface area contributed by atoms with E-state index >= 15 is 0 Å². The minimum absolute atomic E-state index is 0.704. The summed E-state index contributed by atoms with van der Waals surface area (Å²) in [6.07, 6.45) is 1.42. The lowest BCUT2D eigenvalue weighted by Crippen LogP contribution is -2.54. The van der Waals surface area contributed by atoms with Gasteiger partial charge < -0.3 is 10.2 Å². The van der Waals surface area contributed by atoms with Crippen LogP contribution in [0.15, 0.2) is 0 Å². The lowest BCUT2D eigenvalue weighted by Gasteiger charge is -2.39. The van der Waals surface area contributed by atoms with E-state index in [0.717, 1.165) is 0 Å². The van der Waals surface area contributed by atoms with Crippen molar-refractivity contribution < 1.29 is 0 Å². The zero-order valence-electron chi connectivity index (χ0n) is 8.69. The van der Waals surface area contributed by atoms with E-state index in [-0.39, 0.29) is 0 Å². The van der Waals surface area contributed by atoms with Gasteiger partial charge >= 0.3 is 0 Å². The zero-order chi connectivity index (χ0) is 9.03. The van der Waals surface area contributed by atoms with Gasteiger partial charge in [0.2, 0.25) is 0 Å². The summed E-state index contributed by atoms with van der Waals surface area (Å²) in [7, 11) is 0. The lowest BCUT2D eigenvalue weighted by atomic mass is 9.81. The van der Waals surface area contributed by atoms with E-state index in [1.54, 1.807) is 0 Å². The van der Waals surface area contributed by atoms with Crippen molar-refractivity contribution in [3.8, 4) is 0 Å². The fourth-order valence-corrected chi connectivity index (χ4v) is 2.06. The standard InChI is InChI=1S/C8H16N2.C2H6/c1-2-10-4-3-8(7-10)5-9-6-8;1-2/h9H,2-7H2,1H3;1-2H3. The average Bonchev–Trinajstić information content (AvgIpc) is 2.51. The van der Waals surface area contributed by atoms with Gasteiger partial charge in [-0.2, -0.15) is 0 Å². The number of nitrogens with zero attached hydrogens (tertiary/aromatic N) is 1. The first-order valence-corrected chi connectivity index (χ1v) is 5.28. The molecule has 2 aliphatic heterocycles. The van der Waals surface area contributed by atoms with Crippen molar-refractivity contribution in [1.82, 2.24) is 10.2 Å². The third-order valence-electron chi connectivity index (χ3n) is 2.96. The third kappa shape index (κ3) is 1.80. The average molecular weight is 170 g/mol. The predicted molar refractivity (Wildman–Crippen MR) is 53.4 cm³/mol. The van der Waals surface area contributed by atoms with E-state index < -0.39 is 0 Å². The molecule has 2 saturated heterocycles. The first kappa shape index (κ1) is 10.0. The molecule has 2 nitrogen and oxygen atoms in total. The summed E-state index contributed by atoms with van der Waals surface area (Å²) in [6.45, 7) is 12.7. The Bertz CT molecular complexity index is 130. The molecule has 0 unspecified atom stereocenters. The minimum atomic E-state index is 0.704. The van der Waals surface area contributed by atoms with E-state index in [1.165, 1.54) is 39.1 Å². The Morgan fingerprint density at radius 3 is 2.25 bits per heavy atom. The van der Waals surface area contributed by atoms with E-state index in [9.17, 15) is 0 Å². The van der Waals surface area contributed by atoms with Gasteiger partial charge in [0.25, 0.3) is 0 Å². The molecule has 0 bridgehead atoms. The highest BCUT2D eigenvalue weighted by Crippen LogP contribution is 2.33. The second kappa shape index (κ2) is 4.24. The van der Waals surface area contributed by atoms with E-state index in [0.29, 0.717) is 5.41 Å². The second-order valence-corrected chi connectivity index (χ2v) is 3.72. The Morgan fingerprint density at radius 2 is 2.00 bits per heavy atom. The van der Waals surface area contributed by atoms with Gasteiger partial charge in [-0.05, 0) is 19.5 Å². The summed E-state index contributed by atoms with van der Waals surface area (Å²) in [5.74, 6) is 0. The van der Waals surface area contributed by atoms with Gasteiger partial charge in [0.15, 0.2) is 0 Å². The molecular formula is C10H22N2. The van der Waals surface area contributed by atoms with Crippen LogP contribution in [0.5, 0.6) is 0 Å². The topological polar surface area (TPSA) is 15.3 Å². The van der Waals surface area contributed by atoms with Crippen molar-refractivity contribution in [2.75, 3.05) is 32.7 Å². The first-order chi connectivity index (χ1) is 5.85. The van der Waals surface area contributed by atoms with Crippen molar-refractivity contribution in [2.24, 2.45) is 5.41 Å². The fraction of sp³-hybridized carbons (Fsp3) is 1.00. The van der Waals surface area contributed by atoms with Gasteiger partial charge in [-0.1, -0.05) is 20.8 Å². The molecule has 0 aromatic heterocycles. The quantitative estimate of drug-likeness (QED) is 0.638. The normalized spacial score (nSPS) is 26.2. The molecule has 0 radical (unpaired) electrons. The molecule has 72 valence electrons. The van der Waals surface area contributed by atoms with Crippen LogP contribution in [-0.4, -0.2) is 37.6 Å². The minimum Gasteiger partial charge on any atom is -0.315 e. The van der Waals surface area contributed by atoms with Gasteiger partial charge in [-0.3, -0.25) is 0 Å². The van der Waals surface area contributed by atoms with Gasteiger partial charge in [0.1, 0.15) is 0 Å². The van der Waals surface area contributed by atoms with Crippen molar-refractivity contribution in [3.05, 3.63) is 0 Å². The van der Waals surface area contributed by atoms with E-state index in [1.807, 2.05) is 13.8 Å². The van der Waals surface area contributed by atoms with Gasteiger partial charge in [0, 0.05) is 25.0 Å². The summed E-state index contributed by atoms with van der Waals surface area (Å²) in [5.41, 5.74) is 0.704. The maximum Gasteiger partial charge on any atom is 0.00918 e. The maximum absolute atomic E-state index is 3.36. The number of hydrogen-bond acceptors (Lipinski definition) is 2. The third-order valence-corrected chi connectivity index (χ3v) is 2.96. The van der Waals surface area contributed by atoms with Crippen LogP contribution >= 0.6 is 0 Å². The maximum atomic E-state index is 3.36. The van der Waals surface area contributed by atoms with Crippen molar-refractivity contribution in [1.29, 1.82) is 0 Å². The molecule has 1 spiro atoms. The Balaban J connectivity index is 0.000000336. The Labute approximate surface area is 76.3 Å². The molecule has 2 heteroatoms. The summed E-state index contributed by atoms with van der Waals surface area (Å²) in [6, 6.07) is 0. The molecule has 0 atom stereocenters. The number of nitrogens with one attached hydrogen (secondary N) is 1. The van der Waals surface area contributed by atoms with Crippen LogP contribution in [0.25, 0.3) is 0 Å². The number of rotatable bonds is 1. The smallest absolute Gasteiger partial charge is 0.00918 e. The van der Waals surface area contributed by atoms with E-state index in [4.69, 9.17) is 0 Å². The molecular weight excluding hydrogens is 148 g/mol. The Morgan fingerprint density at radius 1 is 1.33 bits per heavy atom. The van der Waals surface area contributed by atoms with Crippen molar-refractivity contribution in [3.63, 3.8) is 0 Å². The molecule has 0 saturated carbocycles. The van der Waals surface area contributed by atoms with Crippen LogP contribution in [0.4, 0.5) is 0 Å². The van der Waals surface area contributed by atoms with Gasteiger partial charge in [-0.15, -0.1) is 0 Å². The monoisotopic (exact) mass is 170 g/mol. The van der Waals surface area contributed by atoms with Gasteiger partial charge in [0.05, 0.1) is 0 Å². The Hall–Kier alpha value is -0.0800. The van der Waals surface area contributed by atoms with E-state index in [2.05, 4.69) is 17.1 Å². The van der Waals surface area contributed by atoms with Gasteiger partial charge in [-0.25, -0.2) is 0 Å². The fourth-order valence-electron chi connectivity index (χ4n) is 2.06. The molecule has 1 N–H and O–H groups in total. The summed E-state index contributed by atoms with van der Waals surface area (Å²) < 4.78 is 0. The Kier molecular flexibility index (Phi) is 3.53. The molecule has 2 rings (SSSR count). The summed E-state index contributed by atoms with van der Waals surface area (Å²) >= 11 is 0. The van der Waals surface area contributed by atoms with Crippen molar-refractivity contribution >= 4 is 0 Å². The zero-order valence-corrected chi connectivity index (χ0v) is 8.69. The highest BCUT2D eigenvalue weighted by molar-refractivity contribution is 4.98. The molecule has 2 heterocycles. The molecule has 0 amide bonds. The highest BCUT2D eigenvalue weighted by Gasteiger charge is 2.42. The molecule has 2 aliphatic rings. The van der Waals surface area contributed by atoms with Crippen LogP contribution in [0, 0.1) is 5.41 Å². The van der Waals surface area contributed by atoms with Crippen molar-refractivity contribution in [2.45, 2.75) is 27.2 Å².